The second-order valence-corrected chi connectivity index (χ2v) is 4.23. The zero-order chi connectivity index (χ0) is 12.7. The maximum absolute atomic E-state index is 5.91. The maximum Gasteiger partial charge on any atom is 0.164 e. The van der Waals surface area contributed by atoms with Crippen molar-refractivity contribution in [3.63, 3.8) is 0 Å². The fourth-order valence-electron chi connectivity index (χ4n) is 1.87. The van der Waals surface area contributed by atoms with Crippen molar-refractivity contribution in [3.8, 4) is 11.4 Å². The van der Waals surface area contributed by atoms with Crippen molar-refractivity contribution >= 4 is 16.9 Å². The number of anilines is 1. The number of nitrogens with two attached hydrogens (primary N) is 1. The van der Waals surface area contributed by atoms with Gasteiger partial charge in [0.05, 0.1) is 5.39 Å². The Labute approximate surface area is 103 Å². The summed E-state index contributed by atoms with van der Waals surface area (Å²) in [5, 5.41) is 9.10. The van der Waals surface area contributed by atoms with Crippen LogP contribution >= 0.6 is 0 Å². The third-order valence-corrected chi connectivity index (χ3v) is 2.69. The third kappa shape index (κ3) is 1.44. The Morgan fingerprint density at radius 1 is 1.33 bits per heavy atom. The van der Waals surface area contributed by atoms with E-state index in [0.29, 0.717) is 28.2 Å². The van der Waals surface area contributed by atoms with Gasteiger partial charge in [0.25, 0.3) is 0 Å². The third-order valence-electron chi connectivity index (χ3n) is 2.69. The summed E-state index contributed by atoms with van der Waals surface area (Å²) in [6, 6.07) is 1.90. The molecule has 2 N–H and O–H groups in total. The van der Waals surface area contributed by atoms with E-state index in [2.05, 4.69) is 20.2 Å². The van der Waals surface area contributed by atoms with E-state index in [9.17, 15) is 0 Å². The van der Waals surface area contributed by atoms with Crippen LogP contribution in [0.15, 0.2) is 23.2 Å². The van der Waals surface area contributed by atoms with Gasteiger partial charge in [-0.15, -0.1) is 0 Å². The largest absolute Gasteiger partial charge is 0.383 e. The summed E-state index contributed by atoms with van der Waals surface area (Å²) in [6.07, 6.45) is 2.93. The van der Waals surface area contributed by atoms with Gasteiger partial charge in [-0.1, -0.05) is 5.16 Å². The van der Waals surface area contributed by atoms with Crippen molar-refractivity contribution in [2.24, 2.45) is 0 Å². The molecule has 0 amide bonds. The molecule has 7 heteroatoms. The smallest absolute Gasteiger partial charge is 0.164 e. The summed E-state index contributed by atoms with van der Waals surface area (Å²) in [6.45, 7) is 4.05. The average molecular weight is 244 g/mol. The highest BCUT2D eigenvalue weighted by Crippen LogP contribution is 2.30. The minimum atomic E-state index is 0.169. The molecule has 0 saturated carbocycles. The highest BCUT2D eigenvalue weighted by atomic mass is 16.5. The molecule has 0 unspecified atom stereocenters. The van der Waals surface area contributed by atoms with Gasteiger partial charge in [-0.25, -0.2) is 14.6 Å². The van der Waals surface area contributed by atoms with Gasteiger partial charge in [0, 0.05) is 12.1 Å². The predicted molar refractivity (Wildman–Crippen MR) is 65.6 cm³/mol. The van der Waals surface area contributed by atoms with Crippen LogP contribution in [-0.4, -0.2) is 24.9 Å². The van der Waals surface area contributed by atoms with Gasteiger partial charge in [-0.05, 0) is 13.8 Å². The standard InChI is InChI=1S/C11H12N6O/c1-6(2)17-11-8(10(12)13-5-14-11)9(15-17)7-3-4-18-16-7/h3-6H,1-2H3,(H2,12,13,14). The van der Waals surface area contributed by atoms with Gasteiger partial charge in [0.2, 0.25) is 0 Å². The molecule has 3 aromatic rings. The van der Waals surface area contributed by atoms with E-state index in [1.54, 1.807) is 10.7 Å². The molecule has 0 radical (unpaired) electrons. The minimum Gasteiger partial charge on any atom is -0.383 e. The molecule has 0 aromatic carbocycles. The lowest BCUT2D eigenvalue weighted by Gasteiger charge is -2.05. The van der Waals surface area contributed by atoms with Gasteiger partial charge in [-0.3, -0.25) is 0 Å². The summed E-state index contributed by atoms with van der Waals surface area (Å²) >= 11 is 0. The highest BCUT2D eigenvalue weighted by Gasteiger charge is 2.19. The number of rotatable bonds is 2. The molecule has 0 saturated heterocycles. The molecule has 0 spiro atoms. The molecular formula is C11H12N6O. The highest BCUT2D eigenvalue weighted by molar-refractivity contribution is 5.97. The molecule has 3 rings (SSSR count). The van der Waals surface area contributed by atoms with E-state index in [1.165, 1.54) is 12.6 Å². The lowest BCUT2D eigenvalue weighted by Crippen LogP contribution is -2.04. The van der Waals surface area contributed by atoms with Crippen LogP contribution in [0.25, 0.3) is 22.4 Å². The first-order valence-corrected chi connectivity index (χ1v) is 5.58. The second-order valence-electron chi connectivity index (χ2n) is 4.23. The van der Waals surface area contributed by atoms with Crippen molar-refractivity contribution in [1.29, 1.82) is 0 Å². The van der Waals surface area contributed by atoms with Gasteiger partial charge < -0.3 is 10.3 Å². The number of hydrogen-bond acceptors (Lipinski definition) is 6. The van der Waals surface area contributed by atoms with Crippen LogP contribution in [0, 0.1) is 0 Å². The first-order chi connectivity index (χ1) is 8.68. The van der Waals surface area contributed by atoms with Gasteiger partial charge in [0.15, 0.2) is 5.65 Å². The molecule has 92 valence electrons. The second kappa shape index (κ2) is 3.80. The SMILES string of the molecule is CC(C)n1nc(-c2ccon2)c2c(N)ncnc21. The average Bonchev–Trinajstić information content (AvgIpc) is 2.95. The molecule has 0 aliphatic heterocycles. The van der Waals surface area contributed by atoms with Crippen LogP contribution < -0.4 is 5.73 Å². The Morgan fingerprint density at radius 3 is 2.83 bits per heavy atom. The number of nitrogen functional groups attached to an aromatic ring is 1. The monoisotopic (exact) mass is 244 g/mol. The number of aromatic nitrogens is 5. The van der Waals surface area contributed by atoms with Crippen molar-refractivity contribution < 1.29 is 4.52 Å². The topological polar surface area (TPSA) is 95.7 Å². The molecule has 3 heterocycles. The summed E-state index contributed by atoms with van der Waals surface area (Å²) in [5.41, 5.74) is 7.89. The van der Waals surface area contributed by atoms with E-state index in [-0.39, 0.29) is 6.04 Å². The first kappa shape index (κ1) is 10.7. The molecule has 0 aliphatic carbocycles. The normalized spacial score (nSPS) is 11.5. The Bertz CT molecular complexity index is 685. The maximum atomic E-state index is 5.91. The zero-order valence-electron chi connectivity index (χ0n) is 10.0. The van der Waals surface area contributed by atoms with E-state index < -0.39 is 0 Å². The predicted octanol–water partition coefficient (Wildman–Crippen LogP) is 1.64. The molecule has 0 bridgehead atoms. The number of fused-ring (bicyclic) bond motifs is 1. The van der Waals surface area contributed by atoms with Crippen LogP contribution in [0.2, 0.25) is 0 Å². The van der Waals surface area contributed by atoms with Crippen molar-refractivity contribution in [2.45, 2.75) is 19.9 Å². The van der Waals surface area contributed by atoms with Gasteiger partial charge in [-0.2, -0.15) is 5.10 Å². The quantitative estimate of drug-likeness (QED) is 0.736. The van der Waals surface area contributed by atoms with E-state index in [0.717, 1.165) is 0 Å². The van der Waals surface area contributed by atoms with Crippen molar-refractivity contribution in [3.05, 3.63) is 18.7 Å². The Hall–Kier alpha value is -2.44. The molecule has 18 heavy (non-hydrogen) atoms. The lowest BCUT2D eigenvalue weighted by molar-refractivity contribution is 0.422. The lowest BCUT2D eigenvalue weighted by atomic mass is 10.2. The molecule has 3 aromatic heterocycles. The first-order valence-electron chi connectivity index (χ1n) is 5.58. The van der Waals surface area contributed by atoms with Gasteiger partial charge >= 0.3 is 0 Å². The van der Waals surface area contributed by atoms with Crippen LogP contribution in [0.1, 0.15) is 19.9 Å². The molecule has 0 atom stereocenters. The number of hydrogen-bond donors (Lipinski definition) is 1. The zero-order valence-corrected chi connectivity index (χ0v) is 10.0. The fourth-order valence-corrected chi connectivity index (χ4v) is 1.87. The summed E-state index contributed by atoms with van der Waals surface area (Å²) in [5.74, 6) is 0.393. The Kier molecular flexibility index (Phi) is 2.26. The van der Waals surface area contributed by atoms with Crippen LogP contribution in [0.3, 0.4) is 0 Å². The molecular weight excluding hydrogens is 232 g/mol. The summed E-state index contributed by atoms with van der Waals surface area (Å²) < 4.78 is 6.65. The summed E-state index contributed by atoms with van der Waals surface area (Å²) in [7, 11) is 0. The van der Waals surface area contributed by atoms with E-state index in [4.69, 9.17) is 10.3 Å². The number of nitrogens with zero attached hydrogens (tertiary/aromatic N) is 5. The molecule has 0 aliphatic rings. The molecule has 7 nitrogen and oxygen atoms in total. The minimum absolute atomic E-state index is 0.169. The summed E-state index contributed by atoms with van der Waals surface area (Å²) in [4.78, 5) is 8.25. The van der Waals surface area contributed by atoms with E-state index in [1.807, 2.05) is 13.8 Å². The van der Waals surface area contributed by atoms with Crippen LogP contribution in [-0.2, 0) is 0 Å². The fraction of sp³-hybridized carbons (Fsp3) is 0.273. The van der Waals surface area contributed by atoms with Crippen molar-refractivity contribution in [2.75, 3.05) is 5.73 Å². The van der Waals surface area contributed by atoms with Gasteiger partial charge in [0.1, 0.15) is 29.8 Å². The Morgan fingerprint density at radius 2 is 2.17 bits per heavy atom. The Balaban J connectivity index is 2.39. The van der Waals surface area contributed by atoms with Crippen LogP contribution in [0.5, 0.6) is 0 Å². The van der Waals surface area contributed by atoms with Crippen LogP contribution in [0.4, 0.5) is 5.82 Å². The molecule has 0 fully saturated rings. The van der Waals surface area contributed by atoms with Crippen molar-refractivity contribution in [1.82, 2.24) is 24.9 Å². The van der Waals surface area contributed by atoms with E-state index >= 15 is 0 Å².